The molecule has 0 aliphatic carbocycles. The summed E-state index contributed by atoms with van der Waals surface area (Å²) in [5, 5.41) is 12.3. The Balaban J connectivity index is 1.52. The Labute approximate surface area is 157 Å². The summed E-state index contributed by atoms with van der Waals surface area (Å²) < 4.78 is 0. The summed E-state index contributed by atoms with van der Waals surface area (Å²) in [6, 6.07) is 15.7. The van der Waals surface area contributed by atoms with Gasteiger partial charge in [0.1, 0.15) is 0 Å². The number of hydrogen-bond acceptors (Lipinski definition) is 3. The largest absolute Gasteiger partial charge is 0.478 e. The normalized spacial score (nSPS) is 14.6. The maximum atomic E-state index is 12.5. The summed E-state index contributed by atoms with van der Waals surface area (Å²) in [7, 11) is 0. The van der Waals surface area contributed by atoms with Crippen molar-refractivity contribution in [2.24, 2.45) is 0 Å². The number of carboxylic acid groups (broad SMARTS) is 1. The minimum atomic E-state index is -1.03. The van der Waals surface area contributed by atoms with Crippen molar-refractivity contribution in [1.82, 2.24) is 10.2 Å². The molecule has 0 bridgehead atoms. The second kappa shape index (κ2) is 8.49. The molecule has 0 atom stereocenters. The van der Waals surface area contributed by atoms with Gasteiger partial charge in [-0.3, -0.25) is 9.59 Å². The molecule has 2 N–H and O–H groups in total. The van der Waals surface area contributed by atoms with Crippen molar-refractivity contribution in [3.05, 3.63) is 71.3 Å². The zero-order chi connectivity index (χ0) is 19.2. The van der Waals surface area contributed by atoms with E-state index in [4.69, 9.17) is 0 Å². The summed E-state index contributed by atoms with van der Waals surface area (Å²) in [4.78, 5) is 37.8. The number of nitrogens with one attached hydrogen (secondary N) is 1. The molecule has 6 heteroatoms. The van der Waals surface area contributed by atoms with Crippen LogP contribution in [-0.2, 0) is 11.2 Å². The molecule has 1 heterocycles. The highest BCUT2D eigenvalue weighted by molar-refractivity contribution is 5.94. The van der Waals surface area contributed by atoms with Gasteiger partial charge in [-0.25, -0.2) is 4.79 Å². The third-order valence-electron chi connectivity index (χ3n) is 4.81. The quantitative estimate of drug-likeness (QED) is 0.850. The van der Waals surface area contributed by atoms with Crippen LogP contribution in [0.3, 0.4) is 0 Å². The number of aromatic carboxylic acids is 1. The van der Waals surface area contributed by atoms with E-state index in [-0.39, 0.29) is 29.8 Å². The zero-order valence-electron chi connectivity index (χ0n) is 14.9. The van der Waals surface area contributed by atoms with Crippen LogP contribution in [0.4, 0.5) is 0 Å². The van der Waals surface area contributed by atoms with E-state index in [1.807, 2.05) is 18.2 Å². The monoisotopic (exact) mass is 366 g/mol. The molecule has 0 aromatic heterocycles. The first-order chi connectivity index (χ1) is 13.0. The number of carboxylic acids is 1. The molecule has 1 aliphatic rings. The van der Waals surface area contributed by atoms with Gasteiger partial charge in [0.25, 0.3) is 5.91 Å². The van der Waals surface area contributed by atoms with Crippen LogP contribution in [0.25, 0.3) is 0 Å². The van der Waals surface area contributed by atoms with Crippen LogP contribution in [0.5, 0.6) is 0 Å². The predicted molar refractivity (Wildman–Crippen MR) is 101 cm³/mol. The molecule has 27 heavy (non-hydrogen) atoms. The fourth-order valence-electron chi connectivity index (χ4n) is 3.29. The van der Waals surface area contributed by atoms with Gasteiger partial charge in [0.05, 0.1) is 12.0 Å². The molecule has 0 saturated carbocycles. The Morgan fingerprint density at radius 2 is 1.59 bits per heavy atom. The number of carbonyl (C=O) groups excluding carboxylic acids is 2. The minimum absolute atomic E-state index is 0.0352. The lowest BCUT2D eigenvalue weighted by molar-refractivity contribution is -0.131. The first kappa shape index (κ1) is 18.6. The topological polar surface area (TPSA) is 86.7 Å². The number of benzene rings is 2. The number of hydrogen-bond donors (Lipinski definition) is 2. The van der Waals surface area contributed by atoms with Gasteiger partial charge < -0.3 is 15.3 Å². The molecule has 1 fully saturated rings. The first-order valence-electron chi connectivity index (χ1n) is 8.99. The lowest BCUT2D eigenvalue weighted by Gasteiger charge is -2.32. The molecule has 0 unspecified atom stereocenters. The number of rotatable bonds is 5. The maximum Gasteiger partial charge on any atom is 0.335 e. The highest BCUT2D eigenvalue weighted by Gasteiger charge is 2.25. The average molecular weight is 366 g/mol. The van der Waals surface area contributed by atoms with Gasteiger partial charge in [-0.2, -0.15) is 0 Å². The van der Waals surface area contributed by atoms with Crippen molar-refractivity contribution in [1.29, 1.82) is 0 Å². The summed E-state index contributed by atoms with van der Waals surface area (Å²) in [5.41, 5.74) is 1.31. The fourth-order valence-corrected chi connectivity index (χ4v) is 3.29. The van der Waals surface area contributed by atoms with E-state index >= 15 is 0 Å². The molecule has 2 amide bonds. The predicted octanol–water partition coefficient (Wildman–Crippen LogP) is 2.35. The van der Waals surface area contributed by atoms with Gasteiger partial charge in [-0.05, 0) is 36.6 Å². The van der Waals surface area contributed by atoms with Crippen LogP contribution >= 0.6 is 0 Å². The van der Waals surface area contributed by atoms with Crippen molar-refractivity contribution in [3.63, 3.8) is 0 Å². The van der Waals surface area contributed by atoms with Crippen molar-refractivity contribution in [2.45, 2.75) is 25.3 Å². The summed E-state index contributed by atoms with van der Waals surface area (Å²) >= 11 is 0. The van der Waals surface area contributed by atoms with Gasteiger partial charge in [-0.15, -0.1) is 0 Å². The highest BCUT2D eigenvalue weighted by Crippen LogP contribution is 2.15. The molecule has 3 rings (SSSR count). The SMILES string of the molecule is O=C(NC1CCN(C(=O)Cc2ccccc2C(=O)O)CC1)c1ccccc1. The molecule has 2 aromatic rings. The molecular weight excluding hydrogens is 344 g/mol. The van der Waals surface area contributed by atoms with E-state index in [0.717, 1.165) is 0 Å². The van der Waals surface area contributed by atoms with E-state index in [2.05, 4.69) is 5.32 Å². The second-order valence-corrected chi connectivity index (χ2v) is 6.63. The number of nitrogens with zero attached hydrogens (tertiary/aromatic N) is 1. The number of amides is 2. The smallest absolute Gasteiger partial charge is 0.335 e. The molecule has 2 aromatic carbocycles. The number of piperidine rings is 1. The van der Waals surface area contributed by atoms with E-state index in [9.17, 15) is 19.5 Å². The number of likely N-dealkylation sites (tertiary alicyclic amines) is 1. The summed E-state index contributed by atoms with van der Waals surface area (Å²) in [6.07, 6.45) is 1.44. The average Bonchev–Trinajstić information content (AvgIpc) is 2.69. The summed E-state index contributed by atoms with van der Waals surface area (Å²) in [5.74, 6) is -1.21. The number of carbonyl (C=O) groups is 3. The van der Waals surface area contributed by atoms with E-state index in [1.54, 1.807) is 35.2 Å². The Hall–Kier alpha value is -3.15. The van der Waals surface area contributed by atoms with E-state index in [1.165, 1.54) is 6.07 Å². The van der Waals surface area contributed by atoms with Crippen molar-refractivity contribution in [2.75, 3.05) is 13.1 Å². The van der Waals surface area contributed by atoms with Crippen molar-refractivity contribution < 1.29 is 19.5 Å². The third-order valence-corrected chi connectivity index (χ3v) is 4.81. The highest BCUT2D eigenvalue weighted by atomic mass is 16.4. The van der Waals surface area contributed by atoms with Crippen LogP contribution in [-0.4, -0.2) is 46.9 Å². The van der Waals surface area contributed by atoms with Crippen LogP contribution < -0.4 is 5.32 Å². The Bertz CT molecular complexity index is 827. The van der Waals surface area contributed by atoms with Gasteiger partial charge in [-0.1, -0.05) is 36.4 Å². The van der Waals surface area contributed by atoms with Crippen molar-refractivity contribution in [3.8, 4) is 0 Å². The fraction of sp³-hybridized carbons (Fsp3) is 0.286. The maximum absolute atomic E-state index is 12.5. The lowest BCUT2D eigenvalue weighted by atomic mass is 10.0. The molecule has 1 saturated heterocycles. The molecule has 1 aliphatic heterocycles. The van der Waals surface area contributed by atoms with E-state index in [0.29, 0.717) is 37.1 Å². The summed E-state index contributed by atoms with van der Waals surface area (Å²) in [6.45, 7) is 1.10. The molecule has 0 radical (unpaired) electrons. The Kier molecular flexibility index (Phi) is 5.86. The van der Waals surface area contributed by atoms with Gasteiger partial charge in [0.15, 0.2) is 0 Å². The Morgan fingerprint density at radius 3 is 2.26 bits per heavy atom. The lowest BCUT2D eigenvalue weighted by Crippen LogP contribution is -2.47. The molecule has 140 valence electrons. The third kappa shape index (κ3) is 4.73. The molecular formula is C21H22N2O4. The van der Waals surface area contributed by atoms with Gasteiger partial charge in [0, 0.05) is 24.7 Å². The standard InChI is InChI=1S/C21H22N2O4/c24-19(14-16-8-4-5-9-18(16)21(26)27)23-12-10-17(11-13-23)22-20(25)15-6-2-1-3-7-15/h1-9,17H,10-14H2,(H,22,25)(H,26,27). The minimum Gasteiger partial charge on any atom is -0.478 e. The van der Waals surface area contributed by atoms with Gasteiger partial charge in [0.2, 0.25) is 5.91 Å². The molecule has 0 spiro atoms. The van der Waals surface area contributed by atoms with E-state index < -0.39 is 5.97 Å². The Morgan fingerprint density at radius 1 is 0.963 bits per heavy atom. The van der Waals surface area contributed by atoms with Crippen LogP contribution in [0.1, 0.15) is 39.1 Å². The molecule has 6 nitrogen and oxygen atoms in total. The van der Waals surface area contributed by atoms with Gasteiger partial charge >= 0.3 is 5.97 Å². The van der Waals surface area contributed by atoms with Crippen LogP contribution in [0.15, 0.2) is 54.6 Å². The second-order valence-electron chi connectivity index (χ2n) is 6.63. The zero-order valence-corrected chi connectivity index (χ0v) is 14.9. The van der Waals surface area contributed by atoms with Crippen LogP contribution in [0, 0.1) is 0 Å². The first-order valence-corrected chi connectivity index (χ1v) is 8.99. The van der Waals surface area contributed by atoms with Crippen molar-refractivity contribution >= 4 is 17.8 Å². The van der Waals surface area contributed by atoms with Crippen LogP contribution in [0.2, 0.25) is 0 Å².